The van der Waals surface area contributed by atoms with Crippen LogP contribution in [0.5, 0.6) is 0 Å². The summed E-state index contributed by atoms with van der Waals surface area (Å²) in [5.41, 5.74) is 0.525. The van der Waals surface area contributed by atoms with Crippen molar-refractivity contribution in [2.24, 2.45) is 0 Å². The first-order valence-corrected chi connectivity index (χ1v) is 6.04. The summed E-state index contributed by atoms with van der Waals surface area (Å²) in [6.07, 6.45) is -5.22. The molecular formula is C12H19BO8. The zero-order chi connectivity index (χ0) is 16.4. The Balaban J connectivity index is 0.000000394. The first-order valence-electron chi connectivity index (χ1n) is 6.04. The number of Topliss-reactive ketones (excluding diaryl/α,β-unsaturated/α-hetero) is 1. The number of rotatable bonds is 6. The van der Waals surface area contributed by atoms with E-state index >= 15 is 0 Å². The molecule has 0 fully saturated rings. The van der Waals surface area contributed by atoms with Crippen LogP contribution in [0.3, 0.4) is 0 Å². The molecule has 0 unspecified atom stereocenters. The fraction of sp³-hybridized carbons (Fsp3) is 0.417. The van der Waals surface area contributed by atoms with Crippen LogP contribution in [0, 0.1) is 0 Å². The summed E-state index contributed by atoms with van der Waals surface area (Å²) in [5, 5.41) is 60.2. The molecule has 118 valence electrons. The van der Waals surface area contributed by atoms with Crippen LogP contribution in [0.25, 0.3) is 0 Å². The van der Waals surface area contributed by atoms with E-state index in [-0.39, 0.29) is 0 Å². The van der Waals surface area contributed by atoms with Crippen LogP contribution in [0.2, 0.25) is 0 Å². The molecule has 0 aromatic heterocycles. The second-order valence-electron chi connectivity index (χ2n) is 4.09. The Morgan fingerprint density at radius 3 is 1.90 bits per heavy atom. The Morgan fingerprint density at radius 2 is 1.57 bits per heavy atom. The first-order chi connectivity index (χ1) is 9.84. The van der Waals surface area contributed by atoms with Crippen LogP contribution < -0.4 is 5.46 Å². The molecule has 0 spiro atoms. The minimum atomic E-state index is -1.86. The minimum absolute atomic E-state index is 0.525. The zero-order valence-electron chi connectivity index (χ0n) is 11.1. The van der Waals surface area contributed by atoms with Gasteiger partial charge < -0.3 is 35.6 Å². The summed E-state index contributed by atoms with van der Waals surface area (Å²) >= 11 is 0. The van der Waals surface area contributed by atoms with Crippen LogP contribution in [0.1, 0.15) is 0 Å². The maximum absolute atomic E-state index is 10.5. The highest BCUT2D eigenvalue weighted by molar-refractivity contribution is 6.58. The van der Waals surface area contributed by atoms with Gasteiger partial charge in [0, 0.05) is 0 Å². The van der Waals surface area contributed by atoms with Gasteiger partial charge in [0.2, 0.25) is 0 Å². The predicted octanol–water partition coefficient (Wildman–Crippen LogP) is -4.01. The normalized spacial score (nSPS) is 14.4. The Hall–Kier alpha value is -1.33. The van der Waals surface area contributed by atoms with Gasteiger partial charge in [-0.15, -0.1) is 0 Å². The van der Waals surface area contributed by atoms with E-state index in [0.29, 0.717) is 5.46 Å². The Bertz CT molecular complexity index is 400. The average Bonchev–Trinajstić information content (AvgIpc) is 2.53. The lowest BCUT2D eigenvalue weighted by atomic mass is 9.81. The smallest absolute Gasteiger partial charge is 0.423 e. The largest absolute Gasteiger partial charge is 0.488 e. The summed E-state index contributed by atoms with van der Waals surface area (Å²) in [6, 6.07) is 8.66. The molecule has 21 heavy (non-hydrogen) atoms. The third-order valence-corrected chi connectivity index (χ3v) is 2.49. The Morgan fingerprint density at radius 1 is 1.05 bits per heavy atom. The Kier molecular flexibility index (Phi) is 9.75. The van der Waals surface area contributed by atoms with Crippen molar-refractivity contribution in [3.8, 4) is 0 Å². The predicted molar refractivity (Wildman–Crippen MR) is 73.5 cm³/mol. The van der Waals surface area contributed by atoms with Crippen LogP contribution in [0.4, 0.5) is 0 Å². The van der Waals surface area contributed by atoms with E-state index < -0.39 is 44.4 Å². The second kappa shape index (κ2) is 10.4. The van der Waals surface area contributed by atoms with E-state index in [2.05, 4.69) is 0 Å². The van der Waals surface area contributed by atoms with Crippen molar-refractivity contribution in [2.75, 3.05) is 13.2 Å². The molecule has 8 nitrogen and oxygen atoms in total. The lowest BCUT2D eigenvalue weighted by Crippen LogP contribution is -2.44. The summed E-state index contributed by atoms with van der Waals surface area (Å²) in [7, 11) is -1.34. The minimum Gasteiger partial charge on any atom is -0.423 e. The van der Waals surface area contributed by atoms with Gasteiger partial charge in [-0.3, -0.25) is 4.79 Å². The summed E-state index contributed by atoms with van der Waals surface area (Å²) in [5.74, 6) is -1.00. The van der Waals surface area contributed by atoms with E-state index in [9.17, 15) is 4.79 Å². The molecule has 0 saturated heterocycles. The van der Waals surface area contributed by atoms with Crippen molar-refractivity contribution >= 4 is 18.4 Å². The van der Waals surface area contributed by atoms with E-state index in [1.807, 2.05) is 6.07 Å². The third kappa shape index (κ3) is 7.30. The van der Waals surface area contributed by atoms with Crippen LogP contribution in [0.15, 0.2) is 30.3 Å². The van der Waals surface area contributed by atoms with Crippen molar-refractivity contribution in [1.82, 2.24) is 0 Å². The number of hydrogen-bond donors (Lipinski definition) is 7. The standard InChI is InChI=1S/C6H7BO2.C6H12O6/c8-7(9)6-4-2-1-3-5-6;7-1-3(9)5(11)6(12)4(10)2-8/h1-5,8-9H;3,5-9,11-12H,1-2H2/t;3-,5-,6-/m.1/s1. The highest BCUT2D eigenvalue weighted by atomic mass is 16.4. The molecule has 0 aliphatic carbocycles. The van der Waals surface area contributed by atoms with E-state index in [1.165, 1.54) is 0 Å². The molecule has 1 aromatic carbocycles. The fourth-order valence-corrected chi connectivity index (χ4v) is 1.23. The molecule has 0 saturated carbocycles. The number of aliphatic hydroxyl groups is 5. The number of hydrogen-bond acceptors (Lipinski definition) is 8. The quantitative estimate of drug-likeness (QED) is 0.262. The van der Waals surface area contributed by atoms with Gasteiger partial charge in [0.25, 0.3) is 0 Å². The van der Waals surface area contributed by atoms with Gasteiger partial charge in [-0.2, -0.15) is 0 Å². The summed E-state index contributed by atoms with van der Waals surface area (Å²) < 4.78 is 0. The monoisotopic (exact) mass is 302 g/mol. The van der Waals surface area contributed by atoms with Gasteiger partial charge in [0.15, 0.2) is 5.78 Å². The zero-order valence-corrected chi connectivity index (χ0v) is 11.1. The summed E-state index contributed by atoms with van der Waals surface area (Å²) in [6.45, 7) is -1.69. The molecule has 0 heterocycles. The van der Waals surface area contributed by atoms with Crippen molar-refractivity contribution < 1.29 is 40.4 Å². The van der Waals surface area contributed by atoms with Crippen LogP contribution in [-0.2, 0) is 4.79 Å². The van der Waals surface area contributed by atoms with Gasteiger partial charge in [-0.25, -0.2) is 0 Å². The molecule has 0 amide bonds. The van der Waals surface area contributed by atoms with E-state index in [0.717, 1.165) is 0 Å². The fourth-order valence-electron chi connectivity index (χ4n) is 1.23. The molecule has 0 bridgehead atoms. The number of carbonyl (C=O) groups is 1. The number of ketones is 1. The van der Waals surface area contributed by atoms with Crippen molar-refractivity contribution in [3.63, 3.8) is 0 Å². The molecule has 3 atom stereocenters. The van der Waals surface area contributed by atoms with Crippen molar-refractivity contribution in [1.29, 1.82) is 0 Å². The lowest BCUT2D eigenvalue weighted by molar-refractivity contribution is -0.142. The number of benzene rings is 1. The van der Waals surface area contributed by atoms with Crippen LogP contribution >= 0.6 is 0 Å². The number of aliphatic hydroxyl groups excluding tert-OH is 5. The molecule has 9 heteroatoms. The van der Waals surface area contributed by atoms with Gasteiger partial charge in [0.1, 0.15) is 24.9 Å². The van der Waals surface area contributed by atoms with Gasteiger partial charge in [0.05, 0.1) is 6.61 Å². The third-order valence-electron chi connectivity index (χ3n) is 2.49. The highest BCUT2D eigenvalue weighted by Crippen LogP contribution is 2.00. The summed E-state index contributed by atoms with van der Waals surface area (Å²) in [4.78, 5) is 10.5. The Labute approximate surface area is 121 Å². The lowest BCUT2D eigenvalue weighted by Gasteiger charge is -2.19. The number of carbonyl (C=O) groups excluding carboxylic acids is 1. The molecule has 0 aliphatic heterocycles. The second-order valence-corrected chi connectivity index (χ2v) is 4.09. The molecule has 0 aliphatic rings. The average molecular weight is 302 g/mol. The topological polar surface area (TPSA) is 159 Å². The molecular weight excluding hydrogens is 283 g/mol. The molecule has 0 radical (unpaired) electrons. The molecule has 7 N–H and O–H groups in total. The van der Waals surface area contributed by atoms with Gasteiger partial charge in [-0.05, 0) is 5.46 Å². The van der Waals surface area contributed by atoms with Gasteiger partial charge >= 0.3 is 7.12 Å². The highest BCUT2D eigenvalue weighted by Gasteiger charge is 2.28. The first kappa shape index (κ1) is 19.7. The molecule has 1 aromatic rings. The van der Waals surface area contributed by atoms with Crippen molar-refractivity contribution in [3.05, 3.63) is 30.3 Å². The van der Waals surface area contributed by atoms with Gasteiger partial charge in [-0.1, -0.05) is 30.3 Å². The van der Waals surface area contributed by atoms with Crippen molar-refractivity contribution in [2.45, 2.75) is 18.3 Å². The SMILES string of the molecule is O=C(CO)[C@@H](O)[C@H](O)[C@H](O)CO.OB(O)c1ccccc1. The van der Waals surface area contributed by atoms with Crippen LogP contribution in [-0.4, -0.2) is 80.0 Å². The maximum Gasteiger partial charge on any atom is 0.488 e. The maximum atomic E-state index is 10.5. The van der Waals surface area contributed by atoms with E-state index in [4.69, 9.17) is 35.6 Å². The molecule has 1 rings (SSSR count). The van der Waals surface area contributed by atoms with E-state index in [1.54, 1.807) is 24.3 Å².